The first-order valence-corrected chi connectivity index (χ1v) is 6.17. The highest BCUT2D eigenvalue weighted by Gasteiger charge is 2.13. The topological polar surface area (TPSA) is 56.7 Å². The number of aromatic nitrogens is 3. The average Bonchev–Trinajstić information content (AvgIpc) is 2.75. The molecule has 0 amide bonds. The molecule has 2 rings (SSSR count). The lowest BCUT2D eigenvalue weighted by atomic mass is 10.1. The lowest BCUT2D eigenvalue weighted by Gasteiger charge is -2.07. The summed E-state index contributed by atoms with van der Waals surface area (Å²) in [5, 5.41) is 9.92. The molecule has 0 aliphatic carbocycles. The molecule has 2 N–H and O–H groups in total. The smallest absolute Gasteiger partial charge is 0.0846 e. The van der Waals surface area contributed by atoms with E-state index >= 15 is 0 Å². The zero-order valence-electron chi connectivity index (χ0n) is 8.22. The molecule has 4 nitrogen and oxygen atoms in total. The fraction of sp³-hybridized carbons (Fsp3) is 0.333. The van der Waals surface area contributed by atoms with Crippen molar-refractivity contribution in [1.82, 2.24) is 15.0 Å². The maximum absolute atomic E-state index is 6.08. The molecule has 0 saturated carbocycles. The number of rotatable bonds is 3. The molecule has 6 heteroatoms. The molecule has 0 bridgehead atoms. The van der Waals surface area contributed by atoms with Crippen molar-refractivity contribution in [2.75, 3.05) is 0 Å². The lowest BCUT2D eigenvalue weighted by molar-refractivity contribution is 0.699. The van der Waals surface area contributed by atoms with Gasteiger partial charge in [-0.3, -0.25) is 4.68 Å². The Morgan fingerprint density at radius 3 is 3.00 bits per heavy atom. The van der Waals surface area contributed by atoms with E-state index in [9.17, 15) is 0 Å². The minimum atomic E-state index is -0.0175. The van der Waals surface area contributed by atoms with Crippen molar-refractivity contribution < 1.29 is 0 Å². The van der Waals surface area contributed by atoms with E-state index in [2.05, 4.69) is 26.2 Å². The van der Waals surface area contributed by atoms with Gasteiger partial charge in [0, 0.05) is 35.1 Å². The number of aryl methyl sites for hydroxylation is 1. The van der Waals surface area contributed by atoms with Gasteiger partial charge in [-0.2, -0.15) is 0 Å². The van der Waals surface area contributed by atoms with E-state index in [4.69, 9.17) is 5.73 Å². The van der Waals surface area contributed by atoms with Crippen molar-refractivity contribution in [3.05, 3.63) is 32.7 Å². The van der Waals surface area contributed by atoms with Crippen LogP contribution < -0.4 is 5.73 Å². The maximum atomic E-state index is 6.08. The number of nitrogens with zero attached hydrogens (tertiary/aromatic N) is 3. The van der Waals surface area contributed by atoms with Crippen LogP contribution >= 0.6 is 27.3 Å². The van der Waals surface area contributed by atoms with Crippen LogP contribution in [-0.4, -0.2) is 15.0 Å². The number of halogens is 1. The Bertz CT molecular complexity index is 450. The van der Waals surface area contributed by atoms with Gasteiger partial charge < -0.3 is 5.73 Å². The molecule has 0 fully saturated rings. The molecule has 0 aromatic carbocycles. The van der Waals surface area contributed by atoms with E-state index in [-0.39, 0.29) is 6.04 Å². The molecule has 1 atom stereocenters. The molecule has 0 radical (unpaired) electrons. The summed E-state index contributed by atoms with van der Waals surface area (Å²) in [6.45, 7) is 0. The molecule has 80 valence electrons. The van der Waals surface area contributed by atoms with E-state index in [1.54, 1.807) is 16.0 Å². The first-order chi connectivity index (χ1) is 7.16. The van der Waals surface area contributed by atoms with E-state index in [1.807, 2.05) is 24.7 Å². The average molecular weight is 287 g/mol. The Labute approximate surface area is 100 Å². The van der Waals surface area contributed by atoms with Gasteiger partial charge in [-0.25, -0.2) is 0 Å². The van der Waals surface area contributed by atoms with Crippen LogP contribution in [0.25, 0.3) is 0 Å². The number of thiophene rings is 1. The Balaban J connectivity index is 2.10. The lowest BCUT2D eigenvalue weighted by Crippen LogP contribution is -2.12. The Kier molecular flexibility index (Phi) is 3.18. The normalized spacial score (nSPS) is 13.0. The number of nitrogens with two attached hydrogens (primary N) is 1. The van der Waals surface area contributed by atoms with Crippen LogP contribution in [0.2, 0.25) is 0 Å². The zero-order chi connectivity index (χ0) is 10.8. The molecule has 0 aliphatic rings. The third-order valence-electron chi connectivity index (χ3n) is 2.06. The fourth-order valence-corrected chi connectivity index (χ4v) is 3.05. The van der Waals surface area contributed by atoms with Gasteiger partial charge in [-0.15, -0.1) is 16.4 Å². The molecular formula is C9H11BrN4S. The van der Waals surface area contributed by atoms with E-state index in [1.165, 1.54) is 0 Å². The summed E-state index contributed by atoms with van der Waals surface area (Å²) >= 11 is 5.13. The molecule has 2 aromatic heterocycles. The van der Waals surface area contributed by atoms with Gasteiger partial charge in [0.25, 0.3) is 0 Å². The second kappa shape index (κ2) is 4.42. The van der Waals surface area contributed by atoms with Crippen LogP contribution in [0.3, 0.4) is 0 Å². The third-order valence-corrected chi connectivity index (χ3v) is 4.06. The van der Waals surface area contributed by atoms with Crippen molar-refractivity contribution in [2.24, 2.45) is 12.8 Å². The van der Waals surface area contributed by atoms with Crippen LogP contribution in [0.1, 0.15) is 16.6 Å². The minimum absolute atomic E-state index is 0.0175. The van der Waals surface area contributed by atoms with Gasteiger partial charge in [-0.05, 0) is 27.4 Å². The molecule has 0 aliphatic heterocycles. The summed E-state index contributed by atoms with van der Waals surface area (Å²) in [6, 6.07) is 1.99. The molecule has 2 heterocycles. The number of hydrogen-bond acceptors (Lipinski definition) is 4. The molecule has 2 aromatic rings. The molecule has 0 spiro atoms. The van der Waals surface area contributed by atoms with Gasteiger partial charge in [-0.1, -0.05) is 5.21 Å². The van der Waals surface area contributed by atoms with Crippen LogP contribution in [0.15, 0.2) is 22.1 Å². The van der Waals surface area contributed by atoms with Gasteiger partial charge in [0.05, 0.1) is 5.69 Å². The first kappa shape index (κ1) is 10.8. The number of hydrogen-bond donors (Lipinski definition) is 1. The zero-order valence-corrected chi connectivity index (χ0v) is 10.6. The van der Waals surface area contributed by atoms with Gasteiger partial charge >= 0.3 is 0 Å². The summed E-state index contributed by atoms with van der Waals surface area (Å²) in [6.07, 6.45) is 2.61. The summed E-state index contributed by atoms with van der Waals surface area (Å²) in [7, 11) is 1.85. The highest BCUT2D eigenvalue weighted by atomic mass is 79.9. The summed E-state index contributed by atoms with van der Waals surface area (Å²) in [5.74, 6) is 0. The van der Waals surface area contributed by atoms with Crippen molar-refractivity contribution in [1.29, 1.82) is 0 Å². The van der Waals surface area contributed by atoms with Crippen LogP contribution in [0.5, 0.6) is 0 Å². The van der Waals surface area contributed by atoms with Crippen molar-refractivity contribution >= 4 is 27.3 Å². The molecular weight excluding hydrogens is 276 g/mol. The largest absolute Gasteiger partial charge is 0.323 e. The fourth-order valence-electron chi connectivity index (χ4n) is 1.38. The van der Waals surface area contributed by atoms with Crippen molar-refractivity contribution in [2.45, 2.75) is 12.5 Å². The SMILES string of the molecule is Cn1cc(CC(N)c2sccc2Br)nn1. The van der Waals surface area contributed by atoms with Gasteiger partial charge in [0.2, 0.25) is 0 Å². The van der Waals surface area contributed by atoms with Crippen LogP contribution in [-0.2, 0) is 13.5 Å². The maximum Gasteiger partial charge on any atom is 0.0846 e. The predicted molar refractivity (Wildman–Crippen MR) is 63.7 cm³/mol. The quantitative estimate of drug-likeness (QED) is 0.937. The predicted octanol–water partition coefficient (Wildman–Crippen LogP) is 1.88. The Morgan fingerprint density at radius 2 is 2.47 bits per heavy atom. The molecule has 15 heavy (non-hydrogen) atoms. The van der Waals surface area contributed by atoms with Gasteiger partial charge in [0.15, 0.2) is 0 Å². The monoisotopic (exact) mass is 286 g/mol. The van der Waals surface area contributed by atoms with Crippen LogP contribution in [0.4, 0.5) is 0 Å². The van der Waals surface area contributed by atoms with Gasteiger partial charge in [0.1, 0.15) is 0 Å². The highest BCUT2D eigenvalue weighted by Crippen LogP contribution is 2.29. The second-order valence-corrected chi connectivity index (χ2v) is 5.13. The Hall–Kier alpha value is -0.720. The Morgan fingerprint density at radius 1 is 1.67 bits per heavy atom. The van der Waals surface area contributed by atoms with E-state index in [0.717, 1.165) is 15.0 Å². The van der Waals surface area contributed by atoms with E-state index in [0.29, 0.717) is 6.42 Å². The minimum Gasteiger partial charge on any atom is -0.323 e. The standard InChI is InChI=1S/C9H11BrN4S/c1-14-5-6(12-13-14)4-8(11)9-7(10)2-3-15-9/h2-3,5,8H,4,11H2,1H3. The summed E-state index contributed by atoms with van der Waals surface area (Å²) in [4.78, 5) is 1.15. The third kappa shape index (κ3) is 2.45. The summed E-state index contributed by atoms with van der Waals surface area (Å²) < 4.78 is 2.76. The summed E-state index contributed by atoms with van der Waals surface area (Å²) in [5.41, 5.74) is 7.01. The molecule has 1 unspecified atom stereocenters. The van der Waals surface area contributed by atoms with Crippen LogP contribution in [0, 0.1) is 0 Å². The second-order valence-electron chi connectivity index (χ2n) is 3.33. The first-order valence-electron chi connectivity index (χ1n) is 4.50. The van der Waals surface area contributed by atoms with Crippen molar-refractivity contribution in [3.63, 3.8) is 0 Å². The highest BCUT2D eigenvalue weighted by molar-refractivity contribution is 9.10. The molecule has 0 saturated heterocycles. The van der Waals surface area contributed by atoms with E-state index < -0.39 is 0 Å². The van der Waals surface area contributed by atoms with Crippen molar-refractivity contribution in [3.8, 4) is 0 Å².